The molecule has 0 amide bonds. The van der Waals surface area contributed by atoms with Crippen LogP contribution in [0.2, 0.25) is 0 Å². The Morgan fingerprint density at radius 2 is 2.12 bits per heavy atom. The third-order valence-electron chi connectivity index (χ3n) is 2.98. The quantitative estimate of drug-likeness (QED) is 0.765. The molecule has 1 aliphatic rings. The molecule has 1 saturated carbocycles. The molecule has 1 N–H and O–H groups in total. The van der Waals surface area contributed by atoms with Crippen molar-refractivity contribution in [2.75, 3.05) is 0 Å². The fourth-order valence-corrected chi connectivity index (χ4v) is 1.92. The van der Waals surface area contributed by atoms with E-state index in [1.165, 1.54) is 6.07 Å². The van der Waals surface area contributed by atoms with Gasteiger partial charge in [0.2, 0.25) is 0 Å². The molecule has 5 nitrogen and oxygen atoms in total. The van der Waals surface area contributed by atoms with Crippen molar-refractivity contribution in [1.29, 1.82) is 0 Å². The Labute approximate surface area is 90.7 Å². The molecule has 0 saturated heterocycles. The van der Waals surface area contributed by atoms with Crippen LogP contribution in [0.4, 0.5) is 0 Å². The van der Waals surface area contributed by atoms with Crippen LogP contribution in [-0.4, -0.2) is 14.8 Å². The van der Waals surface area contributed by atoms with Gasteiger partial charge in [-0.15, -0.1) is 0 Å². The number of nitrogens with zero attached hydrogens (tertiary/aromatic N) is 2. The van der Waals surface area contributed by atoms with E-state index in [4.69, 9.17) is 0 Å². The molecule has 82 valence electrons. The minimum atomic E-state index is -0.241. The summed E-state index contributed by atoms with van der Waals surface area (Å²) in [6.07, 6.45) is 3.70. The van der Waals surface area contributed by atoms with Crippen molar-refractivity contribution in [3.8, 4) is 0 Å². The van der Waals surface area contributed by atoms with Crippen LogP contribution in [0.15, 0.2) is 21.9 Å². The van der Waals surface area contributed by atoms with E-state index in [-0.39, 0.29) is 17.2 Å². The minimum absolute atomic E-state index is 0.0505. The van der Waals surface area contributed by atoms with Crippen LogP contribution >= 0.6 is 0 Å². The first kappa shape index (κ1) is 9.33. The first-order valence-electron chi connectivity index (χ1n) is 5.28. The lowest BCUT2D eigenvalue weighted by Gasteiger charge is -2.05. The molecule has 0 bridgehead atoms. The number of pyridine rings is 1. The average molecular weight is 217 g/mol. The van der Waals surface area contributed by atoms with Gasteiger partial charge in [-0.1, -0.05) is 0 Å². The Morgan fingerprint density at radius 3 is 2.81 bits per heavy atom. The highest BCUT2D eigenvalue weighted by atomic mass is 16.1. The molecule has 2 aromatic rings. The molecule has 0 spiro atoms. The molecule has 0 unspecified atom stereocenters. The Morgan fingerprint density at radius 1 is 1.38 bits per heavy atom. The van der Waals surface area contributed by atoms with E-state index in [2.05, 4.69) is 10.2 Å². The number of rotatable bonds is 1. The molecule has 1 aliphatic carbocycles. The van der Waals surface area contributed by atoms with Gasteiger partial charge in [-0.05, 0) is 19.8 Å². The molecule has 2 heterocycles. The topological polar surface area (TPSA) is 67.8 Å². The van der Waals surface area contributed by atoms with Crippen LogP contribution in [0, 0.1) is 6.92 Å². The van der Waals surface area contributed by atoms with E-state index >= 15 is 0 Å². The van der Waals surface area contributed by atoms with Crippen LogP contribution in [0.25, 0.3) is 10.8 Å². The first-order valence-corrected chi connectivity index (χ1v) is 5.28. The van der Waals surface area contributed by atoms with Crippen molar-refractivity contribution in [1.82, 2.24) is 14.8 Å². The van der Waals surface area contributed by atoms with Crippen molar-refractivity contribution in [2.45, 2.75) is 25.8 Å². The SMILES string of the molecule is Cc1n[nH]c(=O)c2cn(C3CC3)c(=O)cc12. The van der Waals surface area contributed by atoms with E-state index in [0.717, 1.165) is 12.8 Å². The summed E-state index contributed by atoms with van der Waals surface area (Å²) in [5.74, 6) is 0. The van der Waals surface area contributed by atoms with Gasteiger partial charge in [0, 0.05) is 23.7 Å². The second-order valence-electron chi connectivity index (χ2n) is 4.22. The maximum atomic E-state index is 11.8. The van der Waals surface area contributed by atoms with Crippen LogP contribution in [0.3, 0.4) is 0 Å². The lowest BCUT2D eigenvalue weighted by atomic mass is 10.2. The molecular formula is C11H11N3O2. The van der Waals surface area contributed by atoms with Crippen molar-refractivity contribution in [3.05, 3.63) is 38.7 Å². The molecule has 0 aromatic carbocycles. The fraction of sp³-hybridized carbons (Fsp3) is 0.364. The van der Waals surface area contributed by atoms with Gasteiger partial charge in [0.05, 0.1) is 11.1 Å². The fourth-order valence-electron chi connectivity index (χ4n) is 1.92. The standard InChI is InChI=1S/C11H11N3O2/c1-6-8-4-10(15)14(7-2-3-7)5-9(8)11(16)13-12-6/h4-5,7H,2-3H2,1H3,(H,13,16). The Hall–Kier alpha value is -1.91. The summed E-state index contributed by atoms with van der Waals surface area (Å²) < 4.78 is 1.65. The molecule has 0 atom stereocenters. The van der Waals surface area contributed by atoms with E-state index < -0.39 is 0 Å². The van der Waals surface area contributed by atoms with Crippen LogP contribution in [0.5, 0.6) is 0 Å². The number of nitrogens with one attached hydrogen (secondary N) is 1. The normalized spacial score (nSPS) is 15.6. The lowest BCUT2D eigenvalue weighted by Crippen LogP contribution is -2.21. The van der Waals surface area contributed by atoms with Gasteiger partial charge in [0.25, 0.3) is 11.1 Å². The summed E-state index contributed by atoms with van der Waals surface area (Å²) in [4.78, 5) is 23.4. The molecular weight excluding hydrogens is 206 g/mol. The molecule has 0 radical (unpaired) electrons. The van der Waals surface area contributed by atoms with Gasteiger partial charge in [-0.2, -0.15) is 5.10 Å². The van der Waals surface area contributed by atoms with Crippen molar-refractivity contribution < 1.29 is 0 Å². The number of hydrogen-bond acceptors (Lipinski definition) is 3. The van der Waals surface area contributed by atoms with E-state index in [9.17, 15) is 9.59 Å². The number of aryl methyl sites for hydroxylation is 1. The van der Waals surface area contributed by atoms with Gasteiger partial charge in [-0.3, -0.25) is 9.59 Å². The summed E-state index contributed by atoms with van der Waals surface area (Å²) in [6, 6.07) is 1.79. The molecule has 0 aliphatic heterocycles. The van der Waals surface area contributed by atoms with Crippen LogP contribution < -0.4 is 11.1 Å². The molecule has 2 aromatic heterocycles. The van der Waals surface area contributed by atoms with Gasteiger partial charge >= 0.3 is 0 Å². The van der Waals surface area contributed by atoms with Crippen molar-refractivity contribution in [3.63, 3.8) is 0 Å². The molecule has 1 fully saturated rings. The van der Waals surface area contributed by atoms with Gasteiger partial charge in [-0.25, -0.2) is 5.10 Å². The maximum Gasteiger partial charge on any atom is 0.273 e. The van der Waals surface area contributed by atoms with E-state index in [1.54, 1.807) is 17.7 Å². The summed E-state index contributed by atoms with van der Waals surface area (Å²) in [5, 5.41) is 7.46. The zero-order valence-corrected chi connectivity index (χ0v) is 8.86. The average Bonchev–Trinajstić information content (AvgIpc) is 3.07. The Kier molecular flexibility index (Phi) is 1.77. The molecule has 16 heavy (non-hydrogen) atoms. The monoisotopic (exact) mass is 217 g/mol. The maximum absolute atomic E-state index is 11.8. The Bertz CT molecular complexity index is 680. The number of fused-ring (bicyclic) bond motifs is 1. The third-order valence-corrected chi connectivity index (χ3v) is 2.98. The summed E-state index contributed by atoms with van der Waals surface area (Å²) >= 11 is 0. The number of aromatic amines is 1. The zero-order valence-electron chi connectivity index (χ0n) is 8.86. The van der Waals surface area contributed by atoms with Gasteiger partial charge in [0.15, 0.2) is 0 Å². The lowest BCUT2D eigenvalue weighted by molar-refractivity contribution is 0.711. The van der Waals surface area contributed by atoms with Crippen LogP contribution in [-0.2, 0) is 0 Å². The van der Waals surface area contributed by atoms with Crippen molar-refractivity contribution >= 4 is 10.8 Å². The van der Waals surface area contributed by atoms with E-state index in [1.807, 2.05) is 0 Å². The van der Waals surface area contributed by atoms with Gasteiger partial charge < -0.3 is 4.57 Å². The van der Waals surface area contributed by atoms with E-state index in [0.29, 0.717) is 16.5 Å². The highest BCUT2D eigenvalue weighted by Crippen LogP contribution is 2.33. The third kappa shape index (κ3) is 1.28. The minimum Gasteiger partial charge on any atom is -0.312 e. The predicted molar refractivity (Wildman–Crippen MR) is 59.6 cm³/mol. The highest BCUT2D eigenvalue weighted by Gasteiger charge is 2.24. The van der Waals surface area contributed by atoms with Gasteiger partial charge in [0.1, 0.15) is 0 Å². The number of aromatic nitrogens is 3. The zero-order chi connectivity index (χ0) is 11.3. The summed E-state index contributed by atoms with van der Waals surface area (Å²) in [6.45, 7) is 1.78. The first-order chi connectivity index (χ1) is 7.66. The summed E-state index contributed by atoms with van der Waals surface area (Å²) in [7, 11) is 0. The highest BCUT2D eigenvalue weighted by molar-refractivity contribution is 5.82. The molecule has 5 heteroatoms. The van der Waals surface area contributed by atoms with Crippen LogP contribution in [0.1, 0.15) is 24.6 Å². The predicted octanol–water partition coefficient (Wildman–Crippen LogP) is 0.728. The number of hydrogen-bond donors (Lipinski definition) is 1. The second kappa shape index (κ2) is 3.04. The largest absolute Gasteiger partial charge is 0.312 e. The second-order valence-corrected chi connectivity index (χ2v) is 4.22. The Balaban J connectivity index is 2.43. The number of H-pyrrole nitrogens is 1. The molecule has 3 rings (SSSR count). The smallest absolute Gasteiger partial charge is 0.273 e. The summed E-state index contributed by atoms with van der Waals surface area (Å²) in [5.41, 5.74) is 0.384. The van der Waals surface area contributed by atoms with Crippen molar-refractivity contribution in [2.24, 2.45) is 0 Å².